The molecule has 0 saturated heterocycles. The van der Waals surface area contributed by atoms with Crippen molar-refractivity contribution >= 4 is 5.96 Å². The van der Waals surface area contributed by atoms with Gasteiger partial charge in [0.05, 0.1) is 13.7 Å². The van der Waals surface area contributed by atoms with Crippen LogP contribution in [0.1, 0.15) is 38.2 Å². The smallest absolute Gasteiger partial charge is 0.191 e. The lowest BCUT2D eigenvalue weighted by atomic mass is 10.0. The van der Waals surface area contributed by atoms with E-state index in [0.29, 0.717) is 12.0 Å². The lowest BCUT2D eigenvalue weighted by molar-refractivity contribution is 0.414. The second-order valence-electron chi connectivity index (χ2n) is 6.54. The molecule has 0 heterocycles. The van der Waals surface area contributed by atoms with Crippen LogP contribution in [-0.4, -0.2) is 26.2 Å². The van der Waals surface area contributed by atoms with Gasteiger partial charge in [-0.1, -0.05) is 12.1 Å². The molecule has 4 nitrogen and oxygen atoms in total. The predicted molar refractivity (Wildman–Crippen MR) is 90.2 cm³/mol. The molecule has 1 aromatic rings. The second-order valence-corrected chi connectivity index (χ2v) is 6.54. The van der Waals surface area contributed by atoms with Gasteiger partial charge >= 0.3 is 0 Å². The standard InChI is InChI=1S/C18H27N3O/c1-3-19-17(21-13-18(9-10-18)15-7-8-15)20-12-14-5-4-6-16(11-14)22-2/h4-6,11,15H,3,7-10,12-13H2,1-2H3,(H2,19,20,21). The molecule has 2 fully saturated rings. The first-order valence-corrected chi connectivity index (χ1v) is 8.41. The molecule has 0 spiro atoms. The number of nitrogens with zero attached hydrogens (tertiary/aromatic N) is 1. The van der Waals surface area contributed by atoms with Crippen LogP contribution in [0.4, 0.5) is 0 Å². The maximum absolute atomic E-state index is 5.26. The number of benzene rings is 1. The number of aliphatic imine (C=N–C) groups is 1. The Kier molecular flexibility index (Phi) is 4.55. The average molecular weight is 301 g/mol. The van der Waals surface area contributed by atoms with E-state index in [0.717, 1.165) is 30.7 Å². The van der Waals surface area contributed by atoms with Gasteiger partial charge in [0.15, 0.2) is 5.96 Å². The van der Waals surface area contributed by atoms with Gasteiger partial charge < -0.3 is 15.4 Å². The Morgan fingerprint density at radius 3 is 2.77 bits per heavy atom. The van der Waals surface area contributed by atoms with Gasteiger partial charge in [-0.2, -0.15) is 0 Å². The van der Waals surface area contributed by atoms with E-state index in [1.165, 1.54) is 31.2 Å². The molecule has 2 aliphatic carbocycles. The van der Waals surface area contributed by atoms with Gasteiger partial charge in [0, 0.05) is 13.1 Å². The van der Waals surface area contributed by atoms with Crippen LogP contribution >= 0.6 is 0 Å². The largest absolute Gasteiger partial charge is 0.497 e. The molecular formula is C18H27N3O. The van der Waals surface area contributed by atoms with Crippen molar-refractivity contribution in [3.8, 4) is 5.75 Å². The Labute approximate surface area is 133 Å². The molecule has 0 unspecified atom stereocenters. The molecule has 0 aliphatic heterocycles. The van der Waals surface area contributed by atoms with Crippen molar-refractivity contribution in [3.63, 3.8) is 0 Å². The van der Waals surface area contributed by atoms with E-state index in [4.69, 9.17) is 9.73 Å². The van der Waals surface area contributed by atoms with Crippen LogP contribution < -0.4 is 15.4 Å². The zero-order valence-electron chi connectivity index (χ0n) is 13.7. The predicted octanol–water partition coefficient (Wildman–Crippen LogP) is 2.94. The molecule has 0 atom stereocenters. The van der Waals surface area contributed by atoms with E-state index in [1.807, 2.05) is 18.2 Å². The van der Waals surface area contributed by atoms with Crippen molar-refractivity contribution in [3.05, 3.63) is 29.8 Å². The molecule has 2 N–H and O–H groups in total. The highest BCUT2D eigenvalue weighted by molar-refractivity contribution is 5.79. The fourth-order valence-corrected chi connectivity index (χ4v) is 3.13. The van der Waals surface area contributed by atoms with Gasteiger partial charge in [-0.25, -0.2) is 4.99 Å². The Morgan fingerprint density at radius 2 is 2.14 bits per heavy atom. The molecule has 0 radical (unpaired) electrons. The minimum atomic E-state index is 0.589. The first kappa shape index (κ1) is 15.2. The van der Waals surface area contributed by atoms with Crippen molar-refractivity contribution in [2.75, 3.05) is 20.2 Å². The lowest BCUT2D eigenvalue weighted by Gasteiger charge is -2.18. The third-order valence-electron chi connectivity index (χ3n) is 4.84. The van der Waals surface area contributed by atoms with Crippen LogP contribution in [0.5, 0.6) is 5.75 Å². The summed E-state index contributed by atoms with van der Waals surface area (Å²) in [4.78, 5) is 4.71. The van der Waals surface area contributed by atoms with E-state index in [9.17, 15) is 0 Å². The van der Waals surface area contributed by atoms with E-state index in [1.54, 1.807) is 7.11 Å². The fraction of sp³-hybridized carbons (Fsp3) is 0.611. The monoisotopic (exact) mass is 301 g/mol. The van der Waals surface area contributed by atoms with Gasteiger partial charge in [-0.15, -0.1) is 0 Å². The molecule has 1 aromatic carbocycles. The minimum absolute atomic E-state index is 0.589. The number of hydrogen-bond donors (Lipinski definition) is 2. The zero-order valence-corrected chi connectivity index (χ0v) is 13.7. The molecule has 4 heteroatoms. The number of guanidine groups is 1. The second kappa shape index (κ2) is 6.59. The van der Waals surface area contributed by atoms with Crippen molar-refractivity contribution in [2.24, 2.45) is 16.3 Å². The SMILES string of the molecule is CCNC(=NCc1cccc(OC)c1)NCC1(C2CC2)CC1. The summed E-state index contributed by atoms with van der Waals surface area (Å²) in [6.45, 7) is 4.74. The highest BCUT2D eigenvalue weighted by Crippen LogP contribution is 2.60. The van der Waals surface area contributed by atoms with Gasteiger partial charge in [-0.3, -0.25) is 0 Å². The van der Waals surface area contributed by atoms with Crippen LogP contribution in [0, 0.1) is 11.3 Å². The average Bonchev–Trinajstić information content (AvgIpc) is 3.43. The van der Waals surface area contributed by atoms with E-state index in [2.05, 4.69) is 23.6 Å². The summed E-state index contributed by atoms with van der Waals surface area (Å²) in [5.74, 6) is 2.79. The highest BCUT2D eigenvalue weighted by atomic mass is 16.5. The lowest BCUT2D eigenvalue weighted by Crippen LogP contribution is -2.40. The molecule has 2 saturated carbocycles. The van der Waals surface area contributed by atoms with E-state index < -0.39 is 0 Å². The summed E-state index contributed by atoms with van der Waals surface area (Å²) < 4.78 is 5.26. The molecule has 22 heavy (non-hydrogen) atoms. The third kappa shape index (κ3) is 3.73. The van der Waals surface area contributed by atoms with Gasteiger partial charge in [0.25, 0.3) is 0 Å². The highest BCUT2D eigenvalue weighted by Gasteiger charge is 2.53. The third-order valence-corrected chi connectivity index (χ3v) is 4.84. The number of rotatable bonds is 7. The summed E-state index contributed by atoms with van der Waals surface area (Å²) >= 11 is 0. The molecule has 2 aliphatic rings. The Balaban J connectivity index is 1.57. The van der Waals surface area contributed by atoms with E-state index in [-0.39, 0.29) is 0 Å². The number of hydrogen-bond acceptors (Lipinski definition) is 2. The Morgan fingerprint density at radius 1 is 1.32 bits per heavy atom. The minimum Gasteiger partial charge on any atom is -0.497 e. The van der Waals surface area contributed by atoms with Crippen LogP contribution in [0.2, 0.25) is 0 Å². The van der Waals surface area contributed by atoms with Gasteiger partial charge in [0.1, 0.15) is 5.75 Å². The topological polar surface area (TPSA) is 45.7 Å². The Bertz CT molecular complexity index is 533. The van der Waals surface area contributed by atoms with Crippen molar-refractivity contribution in [1.82, 2.24) is 10.6 Å². The molecule has 0 amide bonds. The first-order valence-electron chi connectivity index (χ1n) is 8.41. The first-order chi connectivity index (χ1) is 10.8. The molecular weight excluding hydrogens is 274 g/mol. The maximum Gasteiger partial charge on any atom is 0.191 e. The summed E-state index contributed by atoms with van der Waals surface area (Å²) in [6.07, 6.45) is 5.64. The summed E-state index contributed by atoms with van der Waals surface area (Å²) in [6, 6.07) is 8.10. The van der Waals surface area contributed by atoms with Gasteiger partial charge in [0.2, 0.25) is 0 Å². The molecule has 120 valence electrons. The summed E-state index contributed by atoms with van der Waals surface area (Å²) in [7, 11) is 1.70. The molecule has 3 rings (SSSR count). The zero-order chi connectivity index (χ0) is 15.4. The van der Waals surface area contributed by atoms with Crippen LogP contribution in [0.3, 0.4) is 0 Å². The van der Waals surface area contributed by atoms with Crippen LogP contribution in [-0.2, 0) is 6.54 Å². The number of ether oxygens (including phenoxy) is 1. The van der Waals surface area contributed by atoms with Gasteiger partial charge in [-0.05, 0) is 61.6 Å². The number of methoxy groups -OCH3 is 1. The van der Waals surface area contributed by atoms with E-state index >= 15 is 0 Å². The van der Waals surface area contributed by atoms with Crippen molar-refractivity contribution in [2.45, 2.75) is 39.2 Å². The summed E-state index contributed by atoms with van der Waals surface area (Å²) in [5.41, 5.74) is 1.76. The Hall–Kier alpha value is -1.71. The van der Waals surface area contributed by atoms with Crippen LogP contribution in [0.25, 0.3) is 0 Å². The fourth-order valence-electron chi connectivity index (χ4n) is 3.13. The molecule has 0 bridgehead atoms. The van der Waals surface area contributed by atoms with Crippen molar-refractivity contribution < 1.29 is 4.74 Å². The number of nitrogens with one attached hydrogen (secondary N) is 2. The maximum atomic E-state index is 5.26. The summed E-state index contributed by atoms with van der Waals surface area (Å²) in [5, 5.41) is 6.90. The van der Waals surface area contributed by atoms with Crippen LogP contribution in [0.15, 0.2) is 29.3 Å². The normalized spacial score (nSPS) is 19.6. The quantitative estimate of drug-likeness (QED) is 0.601. The van der Waals surface area contributed by atoms with Crippen molar-refractivity contribution in [1.29, 1.82) is 0 Å². The molecule has 0 aromatic heterocycles.